The molecule has 0 radical (unpaired) electrons. The number of pyridine rings is 1. The van der Waals surface area contributed by atoms with E-state index in [1.54, 1.807) is 7.11 Å². The molecule has 3 heteroatoms. The van der Waals surface area contributed by atoms with Crippen molar-refractivity contribution in [3.05, 3.63) is 59.3 Å². The summed E-state index contributed by atoms with van der Waals surface area (Å²) < 4.78 is 5.27. The Morgan fingerprint density at radius 3 is 2.52 bits per heavy atom. The van der Waals surface area contributed by atoms with Gasteiger partial charge in [0.05, 0.1) is 18.2 Å². The first-order chi connectivity index (χ1) is 10.2. The lowest BCUT2D eigenvalue weighted by Gasteiger charge is -2.09. The standard InChI is InChI=1S/C18H13NO2/c1-10-16-17(12-5-3-4-6-13(12)18(16)20)14-8-7-11(21-2)9-15(14)19-10/h3-9H,1-2H3. The quantitative estimate of drug-likeness (QED) is 0.531. The molecule has 0 aliphatic heterocycles. The third-order valence-corrected chi connectivity index (χ3v) is 4.04. The van der Waals surface area contributed by atoms with Crippen LogP contribution in [-0.4, -0.2) is 17.9 Å². The van der Waals surface area contributed by atoms with Crippen molar-refractivity contribution >= 4 is 16.7 Å². The van der Waals surface area contributed by atoms with Crippen LogP contribution in [0, 0.1) is 6.92 Å². The lowest BCUT2D eigenvalue weighted by Crippen LogP contribution is -2.00. The van der Waals surface area contributed by atoms with Crippen LogP contribution in [0.2, 0.25) is 0 Å². The van der Waals surface area contributed by atoms with Crippen LogP contribution >= 0.6 is 0 Å². The van der Waals surface area contributed by atoms with E-state index in [1.165, 1.54) is 0 Å². The lowest BCUT2D eigenvalue weighted by molar-refractivity contribution is 0.104. The average molecular weight is 275 g/mol. The van der Waals surface area contributed by atoms with E-state index in [4.69, 9.17) is 4.74 Å². The highest BCUT2D eigenvalue weighted by atomic mass is 16.5. The minimum Gasteiger partial charge on any atom is -0.497 e. The summed E-state index contributed by atoms with van der Waals surface area (Å²) in [5, 5.41) is 0.995. The van der Waals surface area contributed by atoms with E-state index < -0.39 is 0 Å². The molecular weight excluding hydrogens is 262 g/mol. The summed E-state index contributed by atoms with van der Waals surface area (Å²) >= 11 is 0. The van der Waals surface area contributed by atoms with Gasteiger partial charge >= 0.3 is 0 Å². The molecule has 21 heavy (non-hydrogen) atoms. The monoisotopic (exact) mass is 275 g/mol. The van der Waals surface area contributed by atoms with Crippen LogP contribution in [0.5, 0.6) is 5.75 Å². The van der Waals surface area contributed by atoms with E-state index in [1.807, 2.05) is 49.4 Å². The number of nitrogens with zero attached hydrogens (tertiary/aromatic N) is 1. The third kappa shape index (κ3) is 1.54. The zero-order valence-corrected chi connectivity index (χ0v) is 11.8. The maximum atomic E-state index is 12.6. The normalized spacial score (nSPS) is 12.4. The van der Waals surface area contributed by atoms with E-state index in [0.29, 0.717) is 0 Å². The molecule has 2 aromatic carbocycles. The number of aromatic nitrogens is 1. The first-order valence-corrected chi connectivity index (χ1v) is 6.83. The predicted octanol–water partition coefficient (Wildman–Crippen LogP) is 3.76. The molecule has 0 amide bonds. The van der Waals surface area contributed by atoms with Gasteiger partial charge in [0.25, 0.3) is 0 Å². The number of rotatable bonds is 1. The van der Waals surface area contributed by atoms with E-state index in [2.05, 4.69) is 4.98 Å². The smallest absolute Gasteiger partial charge is 0.196 e. The van der Waals surface area contributed by atoms with Gasteiger partial charge in [-0.2, -0.15) is 0 Å². The molecule has 0 fully saturated rings. The van der Waals surface area contributed by atoms with Crippen LogP contribution in [0.4, 0.5) is 0 Å². The Balaban J connectivity index is 2.16. The molecule has 1 aromatic heterocycles. The second-order valence-corrected chi connectivity index (χ2v) is 5.21. The summed E-state index contributed by atoms with van der Waals surface area (Å²) in [5.41, 5.74) is 5.12. The third-order valence-electron chi connectivity index (χ3n) is 4.04. The highest BCUT2D eigenvalue weighted by Gasteiger charge is 2.30. The molecule has 0 N–H and O–H groups in total. The number of benzene rings is 2. The number of ketones is 1. The van der Waals surface area contributed by atoms with Gasteiger partial charge in [-0.15, -0.1) is 0 Å². The maximum Gasteiger partial charge on any atom is 0.196 e. The van der Waals surface area contributed by atoms with Crippen molar-refractivity contribution in [1.82, 2.24) is 4.98 Å². The maximum absolute atomic E-state index is 12.6. The number of aryl methyl sites for hydroxylation is 1. The molecule has 1 aliphatic rings. The fourth-order valence-electron chi connectivity index (χ4n) is 3.09. The lowest BCUT2D eigenvalue weighted by atomic mass is 9.99. The minimum absolute atomic E-state index is 0.0725. The van der Waals surface area contributed by atoms with Crippen molar-refractivity contribution < 1.29 is 9.53 Å². The van der Waals surface area contributed by atoms with Crippen molar-refractivity contribution in [2.24, 2.45) is 0 Å². The van der Waals surface area contributed by atoms with Crippen molar-refractivity contribution in [3.8, 4) is 16.9 Å². The summed E-state index contributed by atoms with van der Waals surface area (Å²) in [6.07, 6.45) is 0. The highest BCUT2D eigenvalue weighted by Crippen LogP contribution is 2.42. The molecule has 1 heterocycles. The predicted molar refractivity (Wildman–Crippen MR) is 81.9 cm³/mol. The zero-order valence-electron chi connectivity index (χ0n) is 11.8. The van der Waals surface area contributed by atoms with Gasteiger partial charge in [-0.05, 0) is 24.6 Å². The van der Waals surface area contributed by atoms with E-state index in [9.17, 15) is 4.79 Å². The summed E-state index contributed by atoms with van der Waals surface area (Å²) in [4.78, 5) is 17.2. The van der Waals surface area contributed by atoms with E-state index in [-0.39, 0.29) is 5.78 Å². The minimum atomic E-state index is 0.0725. The van der Waals surface area contributed by atoms with Crippen LogP contribution in [0.25, 0.3) is 22.0 Å². The number of carbonyl (C=O) groups is 1. The first-order valence-electron chi connectivity index (χ1n) is 6.83. The topological polar surface area (TPSA) is 39.2 Å². The number of hydrogen-bond acceptors (Lipinski definition) is 3. The molecule has 0 bridgehead atoms. The van der Waals surface area contributed by atoms with Crippen molar-refractivity contribution in [2.45, 2.75) is 6.92 Å². The van der Waals surface area contributed by atoms with Gasteiger partial charge in [0.15, 0.2) is 5.78 Å². The second-order valence-electron chi connectivity index (χ2n) is 5.21. The largest absolute Gasteiger partial charge is 0.497 e. The molecule has 3 aromatic rings. The summed E-state index contributed by atoms with van der Waals surface area (Å²) in [6, 6.07) is 13.5. The van der Waals surface area contributed by atoms with Crippen LogP contribution < -0.4 is 4.74 Å². The van der Waals surface area contributed by atoms with Gasteiger partial charge in [0.2, 0.25) is 0 Å². The Labute approximate surface area is 122 Å². The van der Waals surface area contributed by atoms with E-state index >= 15 is 0 Å². The fourth-order valence-corrected chi connectivity index (χ4v) is 3.09. The Morgan fingerprint density at radius 1 is 1.00 bits per heavy atom. The van der Waals surface area contributed by atoms with Crippen molar-refractivity contribution in [3.63, 3.8) is 0 Å². The summed E-state index contributed by atoms with van der Waals surface area (Å²) in [7, 11) is 1.64. The molecule has 0 atom stereocenters. The van der Waals surface area contributed by atoms with Gasteiger partial charge in [-0.25, -0.2) is 0 Å². The second kappa shape index (κ2) is 4.16. The highest BCUT2D eigenvalue weighted by molar-refractivity contribution is 6.26. The number of hydrogen-bond donors (Lipinski definition) is 0. The molecule has 4 rings (SSSR count). The molecule has 0 saturated heterocycles. The Morgan fingerprint density at radius 2 is 1.76 bits per heavy atom. The Hall–Kier alpha value is -2.68. The SMILES string of the molecule is COc1ccc2c3c(c(C)nc2c1)C(=O)c1ccccc1-3. The van der Waals surface area contributed by atoms with Gasteiger partial charge in [0, 0.05) is 28.3 Å². The number of fused-ring (bicyclic) bond motifs is 5. The van der Waals surface area contributed by atoms with Gasteiger partial charge in [0.1, 0.15) is 5.75 Å². The zero-order chi connectivity index (χ0) is 14.6. The number of methoxy groups -OCH3 is 1. The fraction of sp³-hybridized carbons (Fsp3) is 0.111. The molecule has 1 aliphatic carbocycles. The van der Waals surface area contributed by atoms with Crippen molar-refractivity contribution in [2.75, 3.05) is 7.11 Å². The molecule has 3 nitrogen and oxygen atoms in total. The van der Waals surface area contributed by atoms with Crippen LogP contribution in [-0.2, 0) is 0 Å². The van der Waals surface area contributed by atoms with E-state index in [0.717, 1.165) is 44.6 Å². The van der Waals surface area contributed by atoms with Crippen LogP contribution in [0.15, 0.2) is 42.5 Å². The first kappa shape index (κ1) is 12.1. The molecular formula is C18H13NO2. The van der Waals surface area contributed by atoms with Crippen molar-refractivity contribution in [1.29, 1.82) is 0 Å². The number of carbonyl (C=O) groups excluding carboxylic acids is 1. The van der Waals surface area contributed by atoms with Gasteiger partial charge < -0.3 is 4.74 Å². The molecule has 0 saturated carbocycles. The summed E-state index contributed by atoms with van der Waals surface area (Å²) in [6.45, 7) is 1.89. The van der Waals surface area contributed by atoms with Gasteiger partial charge in [-0.1, -0.05) is 24.3 Å². The van der Waals surface area contributed by atoms with Crippen LogP contribution in [0.1, 0.15) is 21.6 Å². The summed E-state index contributed by atoms with van der Waals surface area (Å²) in [5.74, 6) is 0.843. The number of ether oxygens (including phenoxy) is 1. The Kier molecular flexibility index (Phi) is 2.39. The molecule has 102 valence electrons. The van der Waals surface area contributed by atoms with Crippen LogP contribution in [0.3, 0.4) is 0 Å². The Bertz CT molecular complexity index is 912. The molecule has 0 spiro atoms. The van der Waals surface area contributed by atoms with Gasteiger partial charge in [-0.3, -0.25) is 9.78 Å². The molecule has 0 unspecified atom stereocenters. The average Bonchev–Trinajstić information content (AvgIpc) is 2.81.